The van der Waals surface area contributed by atoms with E-state index in [0.29, 0.717) is 61.5 Å². The molecule has 30 heavy (non-hydrogen) atoms. The molecular weight excluding hydrogens is 402 g/mol. The number of ether oxygens (including phenoxy) is 4. The zero-order chi connectivity index (χ0) is 20.3. The third kappa shape index (κ3) is 3.80. The van der Waals surface area contributed by atoms with Crippen molar-refractivity contribution in [3.05, 3.63) is 64.4 Å². The van der Waals surface area contributed by atoms with Crippen LogP contribution in [0, 0.1) is 0 Å². The Morgan fingerprint density at radius 1 is 0.833 bits per heavy atom. The van der Waals surface area contributed by atoms with E-state index in [9.17, 15) is 4.79 Å². The third-order valence-electron chi connectivity index (χ3n) is 4.97. The number of thiophene rings is 1. The Bertz CT molecular complexity index is 1050. The zero-order valence-electron chi connectivity index (χ0n) is 16.3. The summed E-state index contributed by atoms with van der Waals surface area (Å²) in [6, 6.07) is 15.0. The van der Waals surface area contributed by atoms with Crippen LogP contribution in [0.15, 0.2) is 53.9 Å². The van der Waals surface area contributed by atoms with Crippen LogP contribution in [0.3, 0.4) is 0 Å². The van der Waals surface area contributed by atoms with E-state index in [-0.39, 0.29) is 5.91 Å². The van der Waals surface area contributed by atoms with Gasteiger partial charge in [-0.3, -0.25) is 4.79 Å². The van der Waals surface area contributed by atoms with Gasteiger partial charge in [-0.05, 0) is 41.8 Å². The lowest BCUT2D eigenvalue weighted by Crippen LogP contribution is -2.30. The molecule has 0 bridgehead atoms. The highest BCUT2D eigenvalue weighted by Gasteiger charge is 2.23. The number of carbonyl (C=O) groups excluding carboxylic acids is 1. The van der Waals surface area contributed by atoms with Gasteiger partial charge in [0.25, 0.3) is 5.91 Å². The second-order valence-electron chi connectivity index (χ2n) is 7.01. The summed E-state index contributed by atoms with van der Waals surface area (Å²) in [7, 11) is 0. The molecule has 0 aliphatic carbocycles. The maximum Gasteiger partial charge on any atom is 0.258 e. The van der Waals surface area contributed by atoms with Gasteiger partial charge in [-0.2, -0.15) is 0 Å². The Hall–Kier alpha value is -3.19. The number of nitrogens with zero attached hydrogens (tertiary/aromatic N) is 1. The fraction of sp³-hybridized carbons (Fsp3) is 0.261. The number of rotatable bonds is 4. The van der Waals surface area contributed by atoms with Gasteiger partial charge < -0.3 is 23.8 Å². The lowest BCUT2D eigenvalue weighted by Gasteiger charge is -2.25. The van der Waals surface area contributed by atoms with Crippen molar-refractivity contribution < 1.29 is 23.7 Å². The molecule has 0 saturated heterocycles. The highest BCUT2D eigenvalue weighted by atomic mass is 32.1. The summed E-state index contributed by atoms with van der Waals surface area (Å²) in [6.45, 7) is 2.68. The van der Waals surface area contributed by atoms with Gasteiger partial charge in [-0.15, -0.1) is 11.3 Å². The number of amides is 1. The van der Waals surface area contributed by atoms with Crippen molar-refractivity contribution in [2.75, 3.05) is 31.3 Å². The van der Waals surface area contributed by atoms with E-state index in [1.54, 1.807) is 34.4 Å². The first-order chi connectivity index (χ1) is 14.8. The fourth-order valence-electron chi connectivity index (χ4n) is 3.49. The van der Waals surface area contributed by atoms with Crippen molar-refractivity contribution in [2.45, 2.75) is 13.0 Å². The van der Waals surface area contributed by atoms with Gasteiger partial charge in [0.2, 0.25) is 0 Å². The van der Waals surface area contributed by atoms with Crippen LogP contribution >= 0.6 is 11.3 Å². The predicted octanol–water partition coefficient (Wildman–Crippen LogP) is 4.53. The largest absolute Gasteiger partial charge is 0.490 e. The van der Waals surface area contributed by atoms with E-state index in [4.69, 9.17) is 18.9 Å². The highest BCUT2D eigenvalue weighted by molar-refractivity contribution is 7.09. The smallest absolute Gasteiger partial charge is 0.258 e. The molecular formula is C23H21NO5S. The average Bonchev–Trinajstić information content (AvgIpc) is 3.19. The summed E-state index contributed by atoms with van der Waals surface area (Å²) in [5.74, 6) is 2.52. The molecule has 1 aromatic heterocycles. The zero-order valence-corrected chi connectivity index (χ0v) is 17.2. The first kappa shape index (κ1) is 18.8. The maximum atomic E-state index is 13.6. The van der Waals surface area contributed by atoms with Crippen LogP contribution in [0.4, 0.5) is 5.69 Å². The van der Waals surface area contributed by atoms with Crippen molar-refractivity contribution in [2.24, 2.45) is 0 Å². The van der Waals surface area contributed by atoms with Crippen molar-refractivity contribution in [1.29, 1.82) is 0 Å². The minimum atomic E-state index is -0.115. The molecule has 3 aromatic rings. The summed E-state index contributed by atoms with van der Waals surface area (Å²) in [5.41, 5.74) is 1.30. The van der Waals surface area contributed by atoms with E-state index in [2.05, 4.69) is 0 Å². The lowest BCUT2D eigenvalue weighted by atomic mass is 10.1. The Balaban J connectivity index is 1.50. The van der Waals surface area contributed by atoms with Crippen LogP contribution in [0.2, 0.25) is 0 Å². The molecule has 7 heteroatoms. The SMILES string of the molecule is O=C(c1ccc2c(c1)OCCCO2)N(Cc1cccs1)c1ccc2c(c1)OCCO2. The number of anilines is 1. The average molecular weight is 423 g/mol. The molecule has 5 rings (SSSR count). The third-order valence-corrected chi connectivity index (χ3v) is 5.83. The van der Waals surface area contributed by atoms with Crippen LogP contribution < -0.4 is 23.8 Å². The molecule has 0 spiro atoms. The molecule has 1 amide bonds. The van der Waals surface area contributed by atoms with Crippen LogP contribution in [-0.2, 0) is 6.54 Å². The first-order valence-electron chi connectivity index (χ1n) is 9.91. The maximum absolute atomic E-state index is 13.6. The van der Waals surface area contributed by atoms with E-state index >= 15 is 0 Å². The molecule has 3 heterocycles. The molecule has 0 N–H and O–H groups in total. The summed E-state index contributed by atoms with van der Waals surface area (Å²) < 4.78 is 22.8. The van der Waals surface area contributed by atoms with E-state index in [0.717, 1.165) is 17.0 Å². The number of fused-ring (bicyclic) bond motifs is 2. The van der Waals surface area contributed by atoms with Crippen LogP contribution in [0.25, 0.3) is 0 Å². The predicted molar refractivity (Wildman–Crippen MR) is 114 cm³/mol. The molecule has 0 unspecified atom stereocenters. The Labute approximate surface area is 178 Å². The van der Waals surface area contributed by atoms with Crippen molar-refractivity contribution in [3.8, 4) is 23.0 Å². The molecule has 0 saturated carbocycles. The standard InChI is InChI=1S/C23H21NO5S/c25-23(16-4-6-19-21(13-16)27-9-2-8-26-19)24(15-18-3-1-12-30-18)17-5-7-20-22(14-17)29-11-10-28-20/h1,3-7,12-14H,2,8-11,15H2. The number of benzene rings is 2. The summed E-state index contributed by atoms with van der Waals surface area (Å²) in [6.07, 6.45) is 0.819. The Morgan fingerprint density at radius 3 is 2.33 bits per heavy atom. The molecule has 0 radical (unpaired) electrons. The topological polar surface area (TPSA) is 57.2 Å². The van der Waals surface area contributed by atoms with Crippen LogP contribution in [0.5, 0.6) is 23.0 Å². The van der Waals surface area contributed by atoms with E-state index in [1.165, 1.54) is 0 Å². The fourth-order valence-corrected chi connectivity index (χ4v) is 4.18. The van der Waals surface area contributed by atoms with Gasteiger partial charge in [-0.1, -0.05) is 6.07 Å². The quantitative estimate of drug-likeness (QED) is 0.617. The normalized spacial score (nSPS) is 14.7. The van der Waals surface area contributed by atoms with Gasteiger partial charge in [0.05, 0.1) is 19.8 Å². The number of carbonyl (C=O) groups is 1. The van der Waals surface area contributed by atoms with E-state index < -0.39 is 0 Å². The molecule has 6 nitrogen and oxygen atoms in total. The van der Waals surface area contributed by atoms with Gasteiger partial charge >= 0.3 is 0 Å². The molecule has 0 fully saturated rings. The lowest BCUT2D eigenvalue weighted by molar-refractivity contribution is 0.0984. The van der Waals surface area contributed by atoms with Crippen molar-refractivity contribution in [1.82, 2.24) is 0 Å². The van der Waals surface area contributed by atoms with Gasteiger partial charge in [0.15, 0.2) is 23.0 Å². The summed E-state index contributed by atoms with van der Waals surface area (Å²) >= 11 is 1.62. The minimum Gasteiger partial charge on any atom is -0.490 e. The van der Waals surface area contributed by atoms with Gasteiger partial charge in [0.1, 0.15) is 13.2 Å². The molecule has 154 valence electrons. The number of hydrogen-bond acceptors (Lipinski definition) is 6. The first-order valence-corrected chi connectivity index (χ1v) is 10.8. The second-order valence-corrected chi connectivity index (χ2v) is 8.04. The van der Waals surface area contributed by atoms with Crippen molar-refractivity contribution in [3.63, 3.8) is 0 Å². The summed E-state index contributed by atoms with van der Waals surface area (Å²) in [5, 5.41) is 2.01. The molecule has 2 aliphatic rings. The second kappa shape index (κ2) is 8.28. The highest BCUT2D eigenvalue weighted by Crippen LogP contribution is 2.36. The van der Waals surface area contributed by atoms with Gasteiger partial charge in [0, 0.05) is 28.6 Å². The van der Waals surface area contributed by atoms with Crippen LogP contribution in [-0.4, -0.2) is 32.3 Å². The van der Waals surface area contributed by atoms with Gasteiger partial charge in [-0.25, -0.2) is 0 Å². The van der Waals surface area contributed by atoms with Crippen LogP contribution in [0.1, 0.15) is 21.7 Å². The Morgan fingerprint density at radius 2 is 1.53 bits per heavy atom. The van der Waals surface area contributed by atoms with Crippen molar-refractivity contribution >= 4 is 22.9 Å². The minimum absolute atomic E-state index is 0.115. The summed E-state index contributed by atoms with van der Waals surface area (Å²) in [4.78, 5) is 16.4. The Kier molecular flexibility index (Phi) is 5.19. The van der Waals surface area contributed by atoms with E-state index in [1.807, 2.05) is 35.7 Å². The molecule has 0 atom stereocenters. The molecule has 2 aliphatic heterocycles. The number of hydrogen-bond donors (Lipinski definition) is 0. The monoisotopic (exact) mass is 423 g/mol. The molecule has 2 aromatic carbocycles.